The van der Waals surface area contributed by atoms with Crippen LogP contribution in [0.15, 0.2) is 24.3 Å². The lowest BCUT2D eigenvalue weighted by atomic mass is 10.2. The van der Waals surface area contributed by atoms with Gasteiger partial charge in [0.25, 0.3) is 5.69 Å². The van der Waals surface area contributed by atoms with Crippen LogP contribution in [0.5, 0.6) is 5.75 Å². The molecule has 0 aliphatic carbocycles. The van der Waals surface area contributed by atoms with Gasteiger partial charge < -0.3 is 4.74 Å². The molecule has 0 aliphatic rings. The number of ether oxygens (including phenoxy) is 1. The summed E-state index contributed by atoms with van der Waals surface area (Å²) >= 11 is 1.47. The minimum absolute atomic E-state index is 0.0790. The largest absolute Gasteiger partial charge is 0.489 e. The van der Waals surface area contributed by atoms with Gasteiger partial charge >= 0.3 is 0 Å². The molecule has 110 valence electrons. The summed E-state index contributed by atoms with van der Waals surface area (Å²) in [6, 6.07) is 6.51. The van der Waals surface area contributed by atoms with E-state index in [1.807, 2.05) is 13.0 Å². The topological polar surface area (TPSA) is 69.4 Å². The summed E-state index contributed by atoms with van der Waals surface area (Å²) in [5.74, 6) is 0.582. The molecule has 0 unspecified atom stereocenters. The number of hydrogen-bond acceptors (Lipinski definition) is 5. The molecule has 1 aromatic carbocycles. The lowest BCUT2D eigenvalue weighted by Crippen LogP contribution is -1.98. The van der Waals surface area contributed by atoms with Gasteiger partial charge in [-0.3, -0.25) is 14.9 Å². The van der Waals surface area contributed by atoms with Crippen molar-refractivity contribution >= 4 is 23.3 Å². The van der Waals surface area contributed by atoms with Gasteiger partial charge in [-0.2, -0.15) is 0 Å². The van der Waals surface area contributed by atoms with Crippen molar-refractivity contribution in [3.63, 3.8) is 0 Å². The van der Waals surface area contributed by atoms with Crippen LogP contribution in [0, 0.1) is 17.0 Å². The van der Waals surface area contributed by atoms with E-state index in [0.717, 1.165) is 23.1 Å². The molecule has 0 bridgehead atoms. The zero-order chi connectivity index (χ0) is 15.4. The van der Waals surface area contributed by atoms with Crippen LogP contribution in [-0.2, 0) is 13.0 Å². The minimum atomic E-state index is -0.413. The van der Waals surface area contributed by atoms with Crippen molar-refractivity contribution in [3.8, 4) is 5.75 Å². The van der Waals surface area contributed by atoms with Crippen LogP contribution in [0.1, 0.15) is 32.6 Å². The van der Waals surface area contributed by atoms with Crippen LogP contribution >= 0.6 is 11.3 Å². The van der Waals surface area contributed by atoms with Crippen LogP contribution in [0.4, 0.5) is 5.69 Å². The predicted molar refractivity (Wildman–Crippen MR) is 81.2 cm³/mol. The van der Waals surface area contributed by atoms with E-state index in [2.05, 4.69) is 0 Å². The Morgan fingerprint density at radius 3 is 2.71 bits per heavy atom. The van der Waals surface area contributed by atoms with Gasteiger partial charge in [0.15, 0.2) is 6.29 Å². The fourth-order valence-electron chi connectivity index (χ4n) is 2.05. The molecule has 0 N–H and O–H groups in total. The molecule has 0 spiro atoms. The maximum Gasteiger partial charge on any atom is 0.272 e. The molecule has 0 aliphatic heterocycles. The smallest absolute Gasteiger partial charge is 0.272 e. The third kappa shape index (κ3) is 3.46. The third-order valence-electron chi connectivity index (χ3n) is 3.11. The first-order valence-corrected chi connectivity index (χ1v) is 7.31. The van der Waals surface area contributed by atoms with E-state index in [-0.39, 0.29) is 5.69 Å². The first kappa shape index (κ1) is 15.2. The molecule has 0 saturated carbocycles. The molecule has 21 heavy (non-hydrogen) atoms. The second-order valence-corrected chi connectivity index (χ2v) is 5.73. The molecule has 5 nitrogen and oxygen atoms in total. The molecule has 2 aromatic rings. The second-order valence-electron chi connectivity index (χ2n) is 4.56. The summed E-state index contributed by atoms with van der Waals surface area (Å²) in [6.45, 7) is 4.06. The minimum Gasteiger partial charge on any atom is -0.489 e. The SMILES string of the molecule is CCc1sc(C=O)cc1COc1ccc([N+](=O)[O-])c(C)c1. The number of nitrogens with zero attached hydrogens (tertiary/aromatic N) is 1. The second kappa shape index (κ2) is 6.49. The van der Waals surface area contributed by atoms with Crippen LogP contribution in [0.3, 0.4) is 0 Å². The molecule has 1 heterocycles. The molecule has 0 atom stereocenters. The highest BCUT2D eigenvalue weighted by Gasteiger charge is 2.12. The van der Waals surface area contributed by atoms with Crippen molar-refractivity contribution in [1.82, 2.24) is 0 Å². The highest BCUT2D eigenvalue weighted by molar-refractivity contribution is 7.13. The Hall–Kier alpha value is -2.21. The van der Waals surface area contributed by atoms with E-state index < -0.39 is 4.92 Å². The number of nitro benzene ring substituents is 1. The molecular weight excluding hydrogens is 290 g/mol. The van der Waals surface area contributed by atoms with E-state index in [1.165, 1.54) is 17.4 Å². The van der Waals surface area contributed by atoms with Gasteiger partial charge in [-0.05, 0) is 31.5 Å². The lowest BCUT2D eigenvalue weighted by Gasteiger charge is -2.07. The number of carbonyl (C=O) groups is 1. The van der Waals surface area contributed by atoms with Crippen molar-refractivity contribution < 1.29 is 14.5 Å². The van der Waals surface area contributed by atoms with Crippen LogP contribution in [0.25, 0.3) is 0 Å². The van der Waals surface area contributed by atoms with E-state index in [4.69, 9.17) is 4.74 Å². The predicted octanol–water partition coefficient (Wildman–Crippen LogP) is 3.92. The van der Waals surface area contributed by atoms with Crippen LogP contribution in [-0.4, -0.2) is 11.2 Å². The Labute approximate surface area is 126 Å². The van der Waals surface area contributed by atoms with Crippen molar-refractivity contribution in [1.29, 1.82) is 0 Å². The van der Waals surface area contributed by atoms with Gasteiger partial charge in [0.1, 0.15) is 12.4 Å². The van der Waals surface area contributed by atoms with Crippen molar-refractivity contribution in [2.24, 2.45) is 0 Å². The maximum absolute atomic E-state index is 10.8. The Morgan fingerprint density at radius 2 is 2.14 bits per heavy atom. The molecule has 0 radical (unpaired) electrons. The quantitative estimate of drug-likeness (QED) is 0.461. The molecule has 6 heteroatoms. The number of thiophene rings is 1. The lowest BCUT2D eigenvalue weighted by molar-refractivity contribution is -0.385. The molecular formula is C15H15NO4S. The number of rotatable bonds is 6. The maximum atomic E-state index is 10.8. The summed E-state index contributed by atoms with van der Waals surface area (Å²) in [5.41, 5.74) is 1.63. The number of carbonyl (C=O) groups excluding carboxylic acids is 1. The van der Waals surface area contributed by atoms with Crippen molar-refractivity contribution in [2.45, 2.75) is 26.9 Å². The average molecular weight is 305 g/mol. The summed E-state index contributed by atoms with van der Waals surface area (Å²) < 4.78 is 5.68. The fourth-order valence-corrected chi connectivity index (χ4v) is 2.98. The zero-order valence-electron chi connectivity index (χ0n) is 11.8. The van der Waals surface area contributed by atoms with E-state index >= 15 is 0 Å². The first-order valence-electron chi connectivity index (χ1n) is 6.49. The Morgan fingerprint density at radius 1 is 1.38 bits per heavy atom. The first-order chi connectivity index (χ1) is 10.0. The third-order valence-corrected chi connectivity index (χ3v) is 4.36. The highest BCUT2D eigenvalue weighted by atomic mass is 32.1. The van der Waals surface area contributed by atoms with Crippen LogP contribution < -0.4 is 4.74 Å². The van der Waals surface area contributed by atoms with E-state index in [9.17, 15) is 14.9 Å². The molecule has 0 saturated heterocycles. The normalized spacial score (nSPS) is 10.4. The van der Waals surface area contributed by atoms with E-state index in [1.54, 1.807) is 19.1 Å². The number of nitro groups is 1. The number of benzene rings is 1. The van der Waals surface area contributed by atoms with Gasteiger partial charge in [-0.15, -0.1) is 11.3 Å². The highest BCUT2D eigenvalue weighted by Crippen LogP contribution is 2.26. The summed E-state index contributed by atoms with van der Waals surface area (Å²) in [6.07, 6.45) is 1.68. The molecule has 0 amide bonds. The summed E-state index contributed by atoms with van der Waals surface area (Å²) in [5, 5.41) is 10.8. The fraction of sp³-hybridized carbons (Fsp3) is 0.267. The molecule has 0 fully saturated rings. The van der Waals surface area contributed by atoms with E-state index in [0.29, 0.717) is 22.8 Å². The Kier molecular flexibility index (Phi) is 4.70. The summed E-state index contributed by atoms with van der Waals surface area (Å²) in [4.78, 5) is 23.0. The van der Waals surface area contributed by atoms with Gasteiger partial charge in [-0.25, -0.2) is 0 Å². The Bertz CT molecular complexity index is 678. The number of aldehydes is 1. The molecule has 2 rings (SSSR count). The van der Waals surface area contributed by atoms with Gasteiger partial charge in [0, 0.05) is 22.1 Å². The van der Waals surface area contributed by atoms with Crippen molar-refractivity contribution in [3.05, 3.63) is 55.3 Å². The van der Waals surface area contributed by atoms with Crippen LogP contribution in [0.2, 0.25) is 0 Å². The summed E-state index contributed by atoms with van der Waals surface area (Å²) in [7, 11) is 0. The Balaban J connectivity index is 2.13. The average Bonchev–Trinajstić information content (AvgIpc) is 2.87. The molecule has 1 aromatic heterocycles. The van der Waals surface area contributed by atoms with Gasteiger partial charge in [0.2, 0.25) is 0 Å². The zero-order valence-corrected chi connectivity index (χ0v) is 12.6. The van der Waals surface area contributed by atoms with Gasteiger partial charge in [0.05, 0.1) is 9.80 Å². The monoisotopic (exact) mass is 305 g/mol. The number of aryl methyl sites for hydroxylation is 2. The van der Waals surface area contributed by atoms with Gasteiger partial charge in [-0.1, -0.05) is 6.92 Å². The van der Waals surface area contributed by atoms with Crippen molar-refractivity contribution in [2.75, 3.05) is 0 Å². The number of hydrogen-bond donors (Lipinski definition) is 0. The standard InChI is InChI=1S/C15H15NO4S/c1-3-15-11(7-13(8-17)21-15)9-20-12-4-5-14(16(18)19)10(2)6-12/h4-8H,3,9H2,1-2H3.